The molecule has 1 aromatic rings. The van der Waals surface area contributed by atoms with Gasteiger partial charge in [0, 0.05) is 0 Å². The summed E-state index contributed by atoms with van der Waals surface area (Å²) in [6, 6.07) is 4.80. The molecule has 6 rings (SSSR count). The van der Waals surface area contributed by atoms with Gasteiger partial charge in [-0.3, -0.25) is 0 Å². The van der Waals surface area contributed by atoms with Gasteiger partial charge in [-0.2, -0.15) is 0 Å². The van der Waals surface area contributed by atoms with Gasteiger partial charge in [0.05, 0.1) is 11.5 Å². The second kappa shape index (κ2) is 11.2. The van der Waals surface area contributed by atoms with Crippen LogP contribution in [0.2, 0.25) is 0 Å². The van der Waals surface area contributed by atoms with E-state index in [9.17, 15) is 13.2 Å². The van der Waals surface area contributed by atoms with Gasteiger partial charge in [0.1, 0.15) is 11.4 Å². The molecule has 43 heavy (non-hydrogen) atoms. The van der Waals surface area contributed by atoms with Crippen molar-refractivity contribution in [1.29, 1.82) is 0 Å². The molecule has 0 bridgehead atoms. The average molecular weight is 614 g/mol. The van der Waals surface area contributed by atoms with Crippen LogP contribution < -0.4 is 9.46 Å². The molecule has 1 N–H and O–H groups in total. The molecule has 9 atom stereocenters. The fraction of sp³-hybridized carbons (Fsp3) is 0.806. The van der Waals surface area contributed by atoms with Crippen molar-refractivity contribution >= 4 is 16.1 Å². The van der Waals surface area contributed by atoms with Crippen molar-refractivity contribution in [3.05, 3.63) is 23.8 Å². The first kappa shape index (κ1) is 31.2. The highest BCUT2D eigenvalue weighted by molar-refractivity contribution is 7.90. The van der Waals surface area contributed by atoms with Gasteiger partial charge in [-0.25, -0.2) is 17.9 Å². The number of carbonyl (C=O) groups excluding carboxylic acids is 1. The number of fused-ring (bicyclic) bond motifs is 6. The van der Waals surface area contributed by atoms with E-state index in [2.05, 4.69) is 32.4 Å². The normalized spacial score (nSPS) is 38.8. The predicted octanol–water partition coefficient (Wildman–Crippen LogP) is 8.53. The number of hydrogen-bond donors (Lipinski definition) is 1. The average Bonchev–Trinajstić information content (AvgIpc) is 3.31. The van der Waals surface area contributed by atoms with E-state index in [0.29, 0.717) is 17.1 Å². The van der Waals surface area contributed by atoms with E-state index in [-0.39, 0.29) is 28.4 Å². The molecule has 1 heterocycles. The van der Waals surface area contributed by atoms with Gasteiger partial charge in [-0.15, -0.1) is 0 Å². The molecular weight excluding hydrogens is 558 g/mol. The Bertz CT molecular complexity index is 1320. The highest BCUT2D eigenvalue weighted by Gasteiger charge is 2.61. The summed E-state index contributed by atoms with van der Waals surface area (Å²) in [6.45, 7) is 14.1. The van der Waals surface area contributed by atoms with Crippen molar-refractivity contribution in [2.45, 2.75) is 129 Å². The third-order valence-corrected chi connectivity index (χ3v) is 14.8. The van der Waals surface area contributed by atoms with Crippen molar-refractivity contribution in [2.24, 2.45) is 52.3 Å². The molecule has 5 aliphatic rings. The lowest BCUT2D eigenvalue weighted by molar-refractivity contribution is -0.138. The number of ether oxygens (including phenoxy) is 2. The molecule has 4 fully saturated rings. The van der Waals surface area contributed by atoms with Crippen LogP contribution in [0.3, 0.4) is 0 Å². The lowest BCUT2D eigenvalue weighted by Crippen LogP contribution is -2.55. The molecule has 4 saturated carbocycles. The molecular formula is C36H55NO5S. The minimum Gasteiger partial charge on any atom is -0.488 e. The zero-order valence-electron chi connectivity index (χ0n) is 27.4. The number of amides is 1. The maximum Gasteiger partial charge on any atom is 0.421 e. The number of benzene rings is 1. The molecule has 1 aromatic carbocycles. The summed E-state index contributed by atoms with van der Waals surface area (Å²) in [5, 5.41) is 0. The Morgan fingerprint density at radius 1 is 1.00 bits per heavy atom. The van der Waals surface area contributed by atoms with Crippen LogP contribution in [-0.4, -0.2) is 26.7 Å². The van der Waals surface area contributed by atoms with Gasteiger partial charge in [0.2, 0.25) is 0 Å². The predicted molar refractivity (Wildman–Crippen MR) is 169 cm³/mol. The number of sulfonamides is 1. The maximum atomic E-state index is 13.1. The summed E-state index contributed by atoms with van der Waals surface area (Å²) in [5.74, 6) is 5.60. The molecule has 0 radical (unpaired) electrons. The third-order valence-electron chi connectivity index (χ3n) is 13.5. The highest BCUT2D eigenvalue weighted by atomic mass is 32.2. The quantitative estimate of drug-likeness (QED) is 0.348. The van der Waals surface area contributed by atoms with Crippen LogP contribution in [0, 0.1) is 52.3 Å². The van der Waals surface area contributed by atoms with E-state index >= 15 is 0 Å². The van der Waals surface area contributed by atoms with E-state index < -0.39 is 16.1 Å². The summed E-state index contributed by atoms with van der Waals surface area (Å²) in [4.78, 5) is 12.8. The molecule has 6 nitrogen and oxygen atoms in total. The van der Waals surface area contributed by atoms with Gasteiger partial charge in [-0.05, 0) is 148 Å². The van der Waals surface area contributed by atoms with E-state index in [1.165, 1.54) is 70.3 Å². The summed E-state index contributed by atoms with van der Waals surface area (Å²) in [7, 11) is -4.04. The standard InChI is InChI=1S/C36H55NO5S/c1-7-24-21-27-30-13-12-28(36(30,6)19-16-31(27)35(5)17-9-8-10-29(24)35)23(2)22-41-33(38)37-43(39,40)26-11-14-32-25(20-26)15-18-34(3,4)42-32/h11,14,20,23-24,27-31H,7-10,12-13,15-19,21-22H2,1-6H3,(H,37,38)/t23-,24+,27+,28?,29+,30?,31+,35+,36-/m1/s1. The van der Waals surface area contributed by atoms with E-state index in [1.54, 1.807) is 12.1 Å². The van der Waals surface area contributed by atoms with Crippen LogP contribution in [-0.2, 0) is 21.2 Å². The van der Waals surface area contributed by atoms with Crippen LogP contribution in [0.4, 0.5) is 4.79 Å². The van der Waals surface area contributed by atoms with Crippen LogP contribution in [0.1, 0.15) is 118 Å². The Morgan fingerprint density at radius 2 is 1.77 bits per heavy atom. The molecule has 7 heteroatoms. The topological polar surface area (TPSA) is 81.7 Å². The zero-order chi connectivity index (χ0) is 30.8. The minimum absolute atomic E-state index is 0.0641. The minimum atomic E-state index is -4.04. The van der Waals surface area contributed by atoms with E-state index in [0.717, 1.165) is 48.0 Å². The Hall–Kier alpha value is -1.76. The summed E-state index contributed by atoms with van der Waals surface area (Å²) in [6.07, 6.45) is 14.1. The van der Waals surface area contributed by atoms with Gasteiger partial charge in [0.15, 0.2) is 0 Å². The van der Waals surface area contributed by atoms with E-state index in [4.69, 9.17) is 9.47 Å². The van der Waals surface area contributed by atoms with Gasteiger partial charge in [0.25, 0.3) is 10.0 Å². The van der Waals surface area contributed by atoms with Crippen LogP contribution in [0.5, 0.6) is 5.75 Å². The third kappa shape index (κ3) is 5.52. The zero-order valence-corrected chi connectivity index (χ0v) is 28.2. The number of nitrogens with one attached hydrogen (secondary N) is 1. The number of hydrogen-bond acceptors (Lipinski definition) is 5. The summed E-state index contributed by atoms with van der Waals surface area (Å²) in [5.41, 5.74) is 1.36. The first-order valence-electron chi connectivity index (χ1n) is 17.3. The van der Waals surface area contributed by atoms with Crippen molar-refractivity contribution in [3.8, 4) is 5.75 Å². The van der Waals surface area contributed by atoms with Crippen molar-refractivity contribution < 1.29 is 22.7 Å². The Balaban J connectivity index is 1.08. The van der Waals surface area contributed by atoms with E-state index in [1.807, 2.05) is 13.8 Å². The highest BCUT2D eigenvalue weighted by Crippen LogP contribution is 2.69. The molecule has 4 aliphatic carbocycles. The second-order valence-electron chi connectivity index (χ2n) is 16.2. The molecule has 2 unspecified atom stereocenters. The maximum absolute atomic E-state index is 13.1. The van der Waals surface area contributed by atoms with Crippen LogP contribution in [0.25, 0.3) is 0 Å². The van der Waals surface area contributed by atoms with Crippen molar-refractivity contribution in [1.82, 2.24) is 4.72 Å². The molecule has 1 amide bonds. The van der Waals surface area contributed by atoms with Gasteiger partial charge in [-0.1, -0.05) is 47.0 Å². The Morgan fingerprint density at radius 3 is 2.53 bits per heavy atom. The lowest BCUT2D eigenvalue weighted by atomic mass is 9.42. The molecule has 0 spiro atoms. The molecule has 240 valence electrons. The molecule has 0 aromatic heterocycles. The van der Waals surface area contributed by atoms with Crippen LogP contribution >= 0.6 is 0 Å². The fourth-order valence-corrected chi connectivity index (χ4v) is 12.3. The number of carbonyl (C=O) groups is 1. The van der Waals surface area contributed by atoms with Crippen molar-refractivity contribution in [2.75, 3.05) is 6.61 Å². The summed E-state index contributed by atoms with van der Waals surface area (Å²) < 4.78 is 39.9. The van der Waals surface area contributed by atoms with Gasteiger partial charge < -0.3 is 9.47 Å². The lowest BCUT2D eigenvalue weighted by Gasteiger charge is -2.63. The first-order chi connectivity index (χ1) is 20.3. The fourth-order valence-electron chi connectivity index (χ4n) is 11.3. The largest absolute Gasteiger partial charge is 0.488 e. The SMILES string of the molecule is CC[C@H]1C[C@H]2C3CCC([C@H](C)COC(=O)NS(=O)(=O)c4ccc5c(c4)CCC(C)(C)O5)[C@@]3(C)CC[C@@H]2[C@@]2(C)CCCC[C@@H]12. The number of rotatable bonds is 6. The molecule has 1 aliphatic heterocycles. The van der Waals surface area contributed by atoms with Crippen LogP contribution in [0.15, 0.2) is 23.1 Å². The van der Waals surface area contributed by atoms with Crippen molar-refractivity contribution in [3.63, 3.8) is 0 Å². The summed E-state index contributed by atoms with van der Waals surface area (Å²) >= 11 is 0. The second-order valence-corrected chi connectivity index (χ2v) is 17.9. The smallest absolute Gasteiger partial charge is 0.421 e. The molecule has 0 saturated heterocycles. The first-order valence-corrected chi connectivity index (χ1v) is 18.8. The van der Waals surface area contributed by atoms with Gasteiger partial charge >= 0.3 is 6.09 Å². The Kier molecular flexibility index (Phi) is 8.17. The number of aryl methyl sites for hydroxylation is 1. The Labute approximate surface area is 260 Å². The monoisotopic (exact) mass is 613 g/mol.